The summed E-state index contributed by atoms with van der Waals surface area (Å²) in [5.74, 6) is 0.796. The van der Waals surface area contributed by atoms with Crippen molar-refractivity contribution < 1.29 is 4.74 Å². The topological polar surface area (TPSA) is 61.8 Å². The molecule has 0 aliphatic carbocycles. The molecule has 0 radical (unpaired) electrons. The standard InChI is InChI=1S/C19H27N5OS/c1-15-5-3-7-21-16(15)13-22-19(20-2)23-14-17(18-6-4-12-26-18)24-8-10-25-11-9-24/h3-7,12,17H,8-11,13-14H2,1-2H3,(H2,20,22,23). The molecule has 2 aromatic rings. The smallest absolute Gasteiger partial charge is 0.191 e. The van der Waals surface area contributed by atoms with Gasteiger partial charge >= 0.3 is 0 Å². The number of aryl methyl sites for hydroxylation is 1. The van der Waals surface area contributed by atoms with Gasteiger partial charge in [-0.15, -0.1) is 11.3 Å². The van der Waals surface area contributed by atoms with Crippen LogP contribution in [0.15, 0.2) is 40.8 Å². The Balaban J connectivity index is 1.59. The van der Waals surface area contributed by atoms with E-state index >= 15 is 0 Å². The lowest BCUT2D eigenvalue weighted by atomic mass is 10.2. The molecule has 2 N–H and O–H groups in total. The Labute approximate surface area is 159 Å². The highest BCUT2D eigenvalue weighted by Gasteiger charge is 2.23. The Morgan fingerprint density at radius 3 is 2.85 bits per heavy atom. The van der Waals surface area contributed by atoms with E-state index in [0.717, 1.165) is 44.5 Å². The number of thiophene rings is 1. The lowest BCUT2D eigenvalue weighted by Crippen LogP contribution is -2.46. The molecular weight excluding hydrogens is 346 g/mol. The molecule has 0 aromatic carbocycles. The van der Waals surface area contributed by atoms with Crippen molar-refractivity contribution in [3.63, 3.8) is 0 Å². The Morgan fingerprint density at radius 2 is 2.15 bits per heavy atom. The monoisotopic (exact) mass is 373 g/mol. The lowest BCUT2D eigenvalue weighted by Gasteiger charge is -2.34. The van der Waals surface area contributed by atoms with Crippen LogP contribution in [0.1, 0.15) is 22.2 Å². The fraction of sp³-hybridized carbons (Fsp3) is 0.474. The minimum Gasteiger partial charge on any atom is -0.379 e. The summed E-state index contributed by atoms with van der Waals surface area (Å²) in [7, 11) is 1.80. The number of ether oxygens (including phenoxy) is 1. The molecule has 0 saturated carbocycles. The zero-order valence-corrected chi connectivity index (χ0v) is 16.3. The van der Waals surface area contributed by atoms with Crippen LogP contribution in [0.25, 0.3) is 0 Å². The maximum absolute atomic E-state index is 5.51. The van der Waals surface area contributed by atoms with Crippen LogP contribution in [0.4, 0.5) is 0 Å². The normalized spacial score (nSPS) is 17.1. The van der Waals surface area contributed by atoms with Gasteiger partial charge in [-0.25, -0.2) is 0 Å². The molecule has 1 unspecified atom stereocenters. The molecular formula is C19H27N5OS. The van der Waals surface area contributed by atoms with Crippen molar-refractivity contribution in [2.75, 3.05) is 39.9 Å². The van der Waals surface area contributed by atoms with E-state index in [1.807, 2.05) is 12.3 Å². The Hall–Kier alpha value is -1.96. The maximum Gasteiger partial charge on any atom is 0.191 e. The van der Waals surface area contributed by atoms with Gasteiger partial charge < -0.3 is 15.4 Å². The number of pyridine rings is 1. The van der Waals surface area contributed by atoms with Gasteiger partial charge in [-0.05, 0) is 30.0 Å². The first-order valence-corrected chi connectivity index (χ1v) is 9.86. The Morgan fingerprint density at radius 1 is 1.31 bits per heavy atom. The molecule has 3 heterocycles. The summed E-state index contributed by atoms with van der Waals surface area (Å²) in [6.45, 7) is 7.06. The number of nitrogens with one attached hydrogen (secondary N) is 2. The third-order valence-corrected chi connectivity index (χ3v) is 5.56. The lowest BCUT2D eigenvalue weighted by molar-refractivity contribution is 0.0177. The summed E-state index contributed by atoms with van der Waals surface area (Å²) in [6.07, 6.45) is 1.82. The molecule has 6 nitrogen and oxygen atoms in total. The Bertz CT molecular complexity index is 698. The minimum atomic E-state index is 0.328. The molecule has 140 valence electrons. The Kier molecular flexibility index (Phi) is 6.99. The first-order chi connectivity index (χ1) is 12.8. The molecule has 0 amide bonds. The summed E-state index contributed by atoms with van der Waals surface area (Å²) in [4.78, 5) is 12.6. The van der Waals surface area contributed by atoms with E-state index in [1.165, 1.54) is 10.4 Å². The number of aromatic nitrogens is 1. The second kappa shape index (κ2) is 9.66. The van der Waals surface area contributed by atoms with Crippen LogP contribution < -0.4 is 10.6 Å². The quantitative estimate of drug-likeness (QED) is 0.600. The third-order valence-electron chi connectivity index (χ3n) is 4.59. The summed E-state index contributed by atoms with van der Waals surface area (Å²) < 4.78 is 5.51. The van der Waals surface area contributed by atoms with Crippen LogP contribution in [0.3, 0.4) is 0 Å². The number of nitrogens with zero attached hydrogens (tertiary/aromatic N) is 3. The van der Waals surface area contributed by atoms with E-state index in [1.54, 1.807) is 18.4 Å². The molecule has 1 atom stereocenters. The average molecular weight is 374 g/mol. The van der Waals surface area contributed by atoms with Gasteiger partial charge in [0, 0.05) is 37.8 Å². The second-order valence-electron chi connectivity index (χ2n) is 6.25. The predicted octanol–water partition coefficient (Wildman–Crippen LogP) is 2.19. The number of hydrogen-bond acceptors (Lipinski definition) is 5. The van der Waals surface area contributed by atoms with Gasteiger partial charge in [0.25, 0.3) is 0 Å². The summed E-state index contributed by atoms with van der Waals surface area (Å²) in [6, 6.07) is 8.68. The van der Waals surface area contributed by atoms with Crippen molar-refractivity contribution in [3.05, 3.63) is 52.0 Å². The van der Waals surface area contributed by atoms with E-state index < -0.39 is 0 Å². The molecule has 0 spiro atoms. The molecule has 7 heteroatoms. The minimum absolute atomic E-state index is 0.328. The molecule has 1 aliphatic heterocycles. The molecule has 0 bridgehead atoms. The highest BCUT2D eigenvalue weighted by molar-refractivity contribution is 7.10. The van der Waals surface area contributed by atoms with Crippen molar-refractivity contribution in [1.82, 2.24) is 20.5 Å². The highest BCUT2D eigenvalue weighted by atomic mass is 32.1. The van der Waals surface area contributed by atoms with Crippen molar-refractivity contribution in [2.24, 2.45) is 4.99 Å². The summed E-state index contributed by atoms with van der Waals surface area (Å²) in [5, 5.41) is 8.99. The van der Waals surface area contributed by atoms with Crippen molar-refractivity contribution in [2.45, 2.75) is 19.5 Å². The van der Waals surface area contributed by atoms with Crippen molar-refractivity contribution in [3.8, 4) is 0 Å². The fourth-order valence-electron chi connectivity index (χ4n) is 3.06. The maximum atomic E-state index is 5.51. The fourth-order valence-corrected chi connectivity index (χ4v) is 3.93. The van der Waals surface area contributed by atoms with E-state index in [2.05, 4.69) is 56.0 Å². The van der Waals surface area contributed by atoms with E-state index in [9.17, 15) is 0 Å². The largest absolute Gasteiger partial charge is 0.379 e. The van der Waals surface area contributed by atoms with Gasteiger partial charge in [-0.2, -0.15) is 0 Å². The van der Waals surface area contributed by atoms with Crippen LogP contribution in [0.2, 0.25) is 0 Å². The molecule has 1 fully saturated rings. The van der Waals surface area contributed by atoms with Crippen LogP contribution >= 0.6 is 11.3 Å². The zero-order chi connectivity index (χ0) is 18.2. The summed E-state index contributed by atoms with van der Waals surface area (Å²) >= 11 is 1.80. The van der Waals surface area contributed by atoms with Crippen LogP contribution in [-0.2, 0) is 11.3 Å². The average Bonchev–Trinajstić information content (AvgIpc) is 3.21. The third kappa shape index (κ3) is 5.03. The summed E-state index contributed by atoms with van der Waals surface area (Å²) in [5.41, 5.74) is 2.22. The van der Waals surface area contributed by atoms with Crippen molar-refractivity contribution >= 4 is 17.3 Å². The van der Waals surface area contributed by atoms with Crippen LogP contribution in [-0.4, -0.2) is 55.7 Å². The zero-order valence-electron chi connectivity index (χ0n) is 15.4. The highest BCUT2D eigenvalue weighted by Crippen LogP contribution is 2.25. The number of rotatable bonds is 6. The first kappa shape index (κ1) is 18.8. The predicted molar refractivity (Wildman–Crippen MR) is 107 cm³/mol. The number of guanidine groups is 1. The van der Waals surface area contributed by atoms with Gasteiger partial charge in [0.15, 0.2) is 5.96 Å². The first-order valence-electron chi connectivity index (χ1n) is 8.98. The van der Waals surface area contributed by atoms with Crippen LogP contribution in [0.5, 0.6) is 0 Å². The molecule has 26 heavy (non-hydrogen) atoms. The SMILES string of the molecule is CN=C(NCc1ncccc1C)NCC(c1cccs1)N1CCOCC1. The number of morpholine rings is 1. The van der Waals surface area contributed by atoms with Gasteiger partial charge in [0.05, 0.1) is 31.5 Å². The van der Waals surface area contributed by atoms with E-state index in [4.69, 9.17) is 4.74 Å². The van der Waals surface area contributed by atoms with Gasteiger partial charge in [0.1, 0.15) is 0 Å². The molecule has 3 rings (SSSR count). The molecule has 2 aromatic heterocycles. The number of aliphatic imine (C=N–C) groups is 1. The van der Waals surface area contributed by atoms with Gasteiger partial charge in [-0.3, -0.25) is 14.9 Å². The van der Waals surface area contributed by atoms with Crippen LogP contribution in [0, 0.1) is 6.92 Å². The molecule has 1 aliphatic rings. The second-order valence-corrected chi connectivity index (χ2v) is 7.23. The van der Waals surface area contributed by atoms with E-state index in [0.29, 0.717) is 12.6 Å². The van der Waals surface area contributed by atoms with Gasteiger partial charge in [0.2, 0.25) is 0 Å². The van der Waals surface area contributed by atoms with E-state index in [-0.39, 0.29) is 0 Å². The van der Waals surface area contributed by atoms with Gasteiger partial charge in [-0.1, -0.05) is 12.1 Å². The molecule has 1 saturated heterocycles. The number of hydrogen-bond donors (Lipinski definition) is 2. The van der Waals surface area contributed by atoms with Crippen molar-refractivity contribution in [1.29, 1.82) is 0 Å².